The molecule has 1 unspecified atom stereocenters. The van der Waals surface area contributed by atoms with Gasteiger partial charge in [-0.25, -0.2) is 8.42 Å². The molecule has 0 radical (unpaired) electrons. The van der Waals surface area contributed by atoms with E-state index >= 15 is 0 Å². The van der Waals surface area contributed by atoms with Crippen LogP contribution in [0.4, 0.5) is 10.8 Å². The highest BCUT2D eigenvalue weighted by atomic mass is 32.2. The van der Waals surface area contributed by atoms with Crippen LogP contribution in [-0.2, 0) is 24.3 Å². The van der Waals surface area contributed by atoms with Crippen molar-refractivity contribution in [2.75, 3.05) is 28.7 Å². The highest BCUT2D eigenvalue weighted by Crippen LogP contribution is 2.27. The summed E-state index contributed by atoms with van der Waals surface area (Å²) in [7, 11) is -2.42. The van der Waals surface area contributed by atoms with Crippen molar-refractivity contribution >= 4 is 55.8 Å². The molecule has 29 heavy (non-hydrogen) atoms. The van der Waals surface area contributed by atoms with Gasteiger partial charge in [0.15, 0.2) is 4.34 Å². The molecule has 2 aromatic rings. The molecule has 1 amide bonds. The molecule has 0 saturated carbocycles. The summed E-state index contributed by atoms with van der Waals surface area (Å²) in [4.78, 5) is 24.1. The molecule has 0 spiro atoms. The van der Waals surface area contributed by atoms with Crippen LogP contribution in [0.25, 0.3) is 0 Å². The lowest BCUT2D eigenvalue weighted by Gasteiger charge is -2.30. The predicted octanol–water partition coefficient (Wildman–Crippen LogP) is 2.29. The van der Waals surface area contributed by atoms with Crippen LogP contribution in [0, 0.1) is 6.92 Å². The summed E-state index contributed by atoms with van der Waals surface area (Å²) in [6, 6.07) is 5.99. The van der Waals surface area contributed by atoms with Crippen LogP contribution in [0.3, 0.4) is 0 Å². The zero-order chi connectivity index (χ0) is 21.6. The molecule has 1 heterocycles. The Labute approximate surface area is 177 Å². The van der Waals surface area contributed by atoms with Crippen LogP contribution >= 0.6 is 23.1 Å². The van der Waals surface area contributed by atoms with Crippen molar-refractivity contribution in [3.05, 3.63) is 29.8 Å². The molecule has 1 atom stereocenters. The van der Waals surface area contributed by atoms with Gasteiger partial charge in [0.25, 0.3) is 0 Å². The van der Waals surface area contributed by atoms with Gasteiger partial charge in [-0.3, -0.25) is 19.2 Å². The number of esters is 1. The molecule has 0 saturated heterocycles. The van der Waals surface area contributed by atoms with Crippen LogP contribution in [-0.4, -0.2) is 55.7 Å². The van der Waals surface area contributed by atoms with Crippen LogP contribution < -0.4 is 9.62 Å². The van der Waals surface area contributed by atoms with Gasteiger partial charge in [0.1, 0.15) is 6.04 Å². The maximum Gasteiger partial charge on any atom is 0.316 e. The highest BCUT2D eigenvalue weighted by molar-refractivity contribution is 8.01. The summed E-state index contributed by atoms with van der Waals surface area (Å²) in [5.41, 5.74) is 1.30. The minimum absolute atomic E-state index is 0.0753. The number of anilines is 2. The second kappa shape index (κ2) is 10.0. The molecule has 9 nitrogen and oxygen atoms in total. The van der Waals surface area contributed by atoms with Gasteiger partial charge in [-0.15, -0.1) is 10.2 Å². The van der Waals surface area contributed by atoms with Crippen molar-refractivity contribution in [3.8, 4) is 0 Å². The normalized spacial score (nSPS) is 12.3. The number of nitrogens with zero attached hydrogens (tertiary/aromatic N) is 3. The molecule has 0 aliphatic rings. The van der Waals surface area contributed by atoms with Crippen molar-refractivity contribution in [2.45, 2.75) is 30.6 Å². The fourth-order valence-electron chi connectivity index (χ4n) is 2.51. The van der Waals surface area contributed by atoms with Gasteiger partial charge in [-0.05, 0) is 31.0 Å². The molecular formula is C17H22N4O5S3. The van der Waals surface area contributed by atoms with E-state index < -0.39 is 27.9 Å². The number of sulfonamides is 1. The summed E-state index contributed by atoms with van der Waals surface area (Å²) >= 11 is 2.23. The lowest BCUT2D eigenvalue weighted by molar-refractivity contribution is -0.137. The zero-order valence-electron chi connectivity index (χ0n) is 16.4. The first-order valence-corrected chi connectivity index (χ1v) is 12.2. The van der Waals surface area contributed by atoms with Crippen LogP contribution in [0.2, 0.25) is 0 Å². The summed E-state index contributed by atoms with van der Waals surface area (Å²) in [6.45, 7) is 3.58. The van der Waals surface area contributed by atoms with Gasteiger partial charge >= 0.3 is 5.97 Å². The van der Waals surface area contributed by atoms with Crippen LogP contribution in [0.1, 0.15) is 18.9 Å². The zero-order valence-corrected chi connectivity index (χ0v) is 18.9. The number of methoxy groups -OCH3 is 1. The maximum atomic E-state index is 12.9. The number of ether oxygens (including phenoxy) is 1. The van der Waals surface area contributed by atoms with Gasteiger partial charge < -0.3 is 4.74 Å². The summed E-state index contributed by atoms with van der Waals surface area (Å²) in [6.07, 6.45) is 1.33. The molecule has 158 valence electrons. The van der Waals surface area contributed by atoms with Gasteiger partial charge in [0.2, 0.25) is 21.1 Å². The van der Waals surface area contributed by atoms with Gasteiger partial charge in [-0.1, -0.05) is 42.2 Å². The molecule has 1 aromatic carbocycles. The van der Waals surface area contributed by atoms with E-state index in [2.05, 4.69) is 20.3 Å². The molecule has 0 aliphatic carbocycles. The Morgan fingerprint density at radius 2 is 2.07 bits per heavy atom. The van der Waals surface area contributed by atoms with Crippen LogP contribution in [0.15, 0.2) is 28.6 Å². The number of rotatable bonds is 9. The van der Waals surface area contributed by atoms with Crippen molar-refractivity contribution in [1.29, 1.82) is 0 Å². The first-order chi connectivity index (χ1) is 13.7. The lowest BCUT2D eigenvalue weighted by Crippen LogP contribution is -2.47. The van der Waals surface area contributed by atoms with E-state index in [-0.39, 0.29) is 17.3 Å². The summed E-state index contributed by atoms with van der Waals surface area (Å²) < 4.78 is 31.1. The molecule has 2 rings (SSSR count). The van der Waals surface area contributed by atoms with E-state index in [4.69, 9.17) is 0 Å². The van der Waals surface area contributed by atoms with Gasteiger partial charge in [-0.2, -0.15) is 0 Å². The topological polar surface area (TPSA) is 119 Å². The smallest absolute Gasteiger partial charge is 0.316 e. The maximum absolute atomic E-state index is 12.9. The average molecular weight is 459 g/mol. The Kier molecular flexibility index (Phi) is 7.99. The molecular weight excluding hydrogens is 436 g/mol. The Balaban J connectivity index is 2.20. The predicted molar refractivity (Wildman–Crippen MR) is 114 cm³/mol. The molecule has 12 heteroatoms. The standard InChI is InChI=1S/C17H22N4O5S3/c1-5-13(21(29(4,24)25)12-8-6-7-11(2)9-12)15(23)18-16-19-20-17(28-16)27-10-14(22)26-3/h6-9,13H,5,10H2,1-4H3,(H,18,19,23). The van der Waals surface area contributed by atoms with E-state index in [1.54, 1.807) is 25.1 Å². The number of amides is 1. The number of nitrogens with one attached hydrogen (secondary N) is 1. The van der Waals surface area contributed by atoms with E-state index in [9.17, 15) is 18.0 Å². The minimum Gasteiger partial charge on any atom is -0.468 e. The molecule has 0 fully saturated rings. The summed E-state index contributed by atoms with van der Waals surface area (Å²) in [5, 5.41) is 10.6. The fourth-order valence-corrected chi connectivity index (χ4v) is 5.30. The Morgan fingerprint density at radius 1 is 1.34 bits per heavy atom. The third-order valence-electron chi connectivity index (χ3n) is 3.76. The fraction of sp³-hybridized carbons (Fsp3) is 0.412. The van der Waals surface area contributed by atoms with Gasteiger partial charge in [0.05, 0.1) is 24.8 Å². The van der Waals surface area contributed by atoms with Crippen molar-refractivity contribution < 1.29 is 22.7 Å². The number of hydrogen-bond acceptors (Lipinski definition) is 9. The third kappa shape index (κ3) is 6.41. The van der Waals surface area contributed by atoms with Crippen molar-refractivity contribution in [3.63, 3.8) is 0 Å². The lowest BCUT2D eigenvalue weighted by atomic mass is 10.1. The number of carbonyl (C=O) groups excluding carboxylic acids is 2. The largest absolute Gasteiger partial charge is 0.468 e. The van der Waals surface area contributed by atoms with Gasteiger partial charge in [0, 0.05) is 0 Å². The number of benzene rings is 1. The monoisotopic (exact) mass is 458 g/mol. The Morgan fingerprint density at radius 3 is 2.66 bits per heavy atom. The van der Waals surface area contributed by atoms with Crippen molar-refractivity contribution in [2.24, 2.45) is 0 Å². The second-order valence-corrected chi connectivity index (χ2v) is 10.1. The number of carbonyl (C=O) groups is 2. The van der Waals surface area contributed by atoms with E-state index in [0.717, 1.165) is 39.2 Å². The number of hydrogen-bond donors (Lipinski definition) is 1. The molecule has 1 aromatic heterocycles. The Hall–Kier alpha value is -2.18. The van der Waals surface area contributed by atoms with E-state index in [1.807, 2.05) is 13.0 Å². The Bertz CT molecular complexity index is 977. The minimum atomic E-state index is -3.71. The molecule has 1 N–H and O–H groups in total. The summed E-state index contributed by atoms with van der Waals surface area (Å²) in [5.74, 6) is -0.838. The first-order valence-electron chi connectivity index (χ1n) is 8.55. The average Bonchev–Trinajstić information content (AvgIpc) is 3.10. The quantitative estimate of drug-likeness (QED) is 0.345. The molecule has 0 bridgehead atoms. The number of thioether (sulfide) groups is 1. The molecule has 0 aliphatic heterocycles. The number of aryl methyl sites for hydroxylation is 1. The first kappa shape index (κ1) is 23.1. The van der Waals surface area contributed by atoms with E-state index in [0.29, 0.717) is 10.0 Å². The third-order valence-corrected chi connectivity index (χ3v) is 6.89. The second-order valence-electron chi connectivity index (χ2n) is 6.05. The number of aromatic nitrogens is 2. The van der Waals surface area contributed by atoms with E-state index in [1.165, 1.54) is 7.11 Å². The highest BCUT2D eigenvalue weighted by Gasteiger charge is 2.32. The van der Waals surface area contributed by atoms with Crippen molar-refractivity contribution in [1.82, 2.24) is 10.2 Å². The van der Waals surface area contributed by atoms with Crippen LogP contribution in [0.5, 0.6) is 0 Å². The SMILES string of the molecule is CCC(C(=O)Nc1nnc(SCC(=O)OC)s1)N(c1cccc(C)c1)S(C)(=O)=O.